The van der Waals surface area contributed by atoms with Crippen molar-refractivity contribution in [3.05, 3.63) is 71.8 Å². The Kier molecular flexibility index (Phi) is 4.29. The fraction of sp³-hybridized carbons (Fsp3) is 0.294. The third-order valence-electron chi connectivity index (χ3n) is 3.97. The van der Waals surface area contributed by atoms with Crippen molar-refractivity contribution < 1.29 is 13.5 Å². The maximum absolute atomic E-state index is 11.7. The van der Waals surface area contributed by atoms with E-state index in [-0.39, 0.29) is 17.5 Å². The first-order valence-electron chi connectivity index (χ1n) is 7.29. The number of hydrogen-bond donors (Lipinski definition) is 2. The zero-order chi connectivity index (χ0) is 15.6. The molecule has 0 aromatic heterocycles. The molecule has 0 unspecified atom stereocenters. The van der Waals surface area contributed by atoms with Crippen LogP contribution in [0, 0.1) is 0 Å². The summed E-state index contributed by atoms with van der Waals surface area (Å²) in [5.74, 6) is -0.189. The van der Waals surface area contributed by atoms with Crippen LogP contribution in [-0.4, -0.2) is 37.2 Å². The van der Waals surface area contributed by atoms with Crippen LogP contribution >= 0.6 is 0 Å². The van der Waals surface area contributed by atoms with Crippen molar-refractivity contribution in [2.75, 3.05) is 11.5 Å². The van der Waals surface area contributed by atoms with E-state index in [1.54, 1.807) is 0 Å². The molecule has 2 N–H and O–H groups in total. The summed E-state index contributed by atoms with van der Waals surface area (Å²) in [5, 5.41) is 13.4. The van der Waals surface area contributed by atoms with Crippen LogP contribution in [0.2, 0.25) is 0 Å². The van der Waals surface area contributed by atoms with Crippen LogP contribution in [0.5, 0.6) is 0 Å². The molecule has 4 nitrogen and oxygen atoms in total. The molecule has 0 bridgehead atoms. The van der Waals surface area contributed by atoms with E-state index in [9.17, 15) is 13.5 Å². The van der Waals surface area contributed by atoms with Crippen molar-refractivity contribution >= 4 is 9.84 Å². The first-order valence-corrected chi connectivity index (χ1v) is 9.12. The molecule has 1 fully saturated rings. The van der Waals surface area contributed by atoms with Crippen molar-refractivity contribution in [1.82, 2.24) is 5.32 Å². The average molecular weight is 317 g/mol. The second-order valence-corrected chi connectivity index (χ2v) is 7.83. The topological polar surface area (TPSA) is 66.4 Å². The van der Waals surface area contributed by atoms with Gasteiger partial charge in [0, 0.05) is 6.04 Å². The molecule has 0 saturated carbocycles. The van der Waals surface area contributed by atoms with Gasteiger partial charge >= 0.3 is 0 Å². The van der Waals surface area contributed by atoms with Crippen molar-refractivity contribution in [2.45, 2.75) is 18.2 Å². The predicted molar refractivity (Wildman–Crippen MR) is 86.3 cm³/mol. The quantitative estimate of drug-likeness (QED) is 0.897. The number of benzene rings is 2. The molecule has 3 rings (SSSR count). The maximum Gasteiger partial charge on any atom is 0.154 e. The van der Waals surface area contributed by atoms with E-state index in [1.807, 2.05) is 60.7 Å². The summed E-state index contributed by atoms with van der Waals surface area (Å²) >= 11 is 0. The lowest BCUT2D eigenvalue weighted by Crippen LogP contribution is -2.41. The molecule has 5 heteroatoms. The van der Waals surface area contributed by atoms with Gasteiger partial charge in [-0.15, -0.1) is 0 Å². The molecular formula is C17H19NO3S. The second kappa shape index (κ2) is 6.20. The SMILES string of the molecule is O=S1(=O)C[C@H](O)[C@H](NC(c2ccccc2)c2ccccc2)C1. The lowest BCUT2D eigenvalue weighted by molar-refractivity contribution is 0.162. The van der Waals surface area contributed by atoms with Gasteiger partial charge in [-0.3, -0.25) is 5.32 Å². The third-order valence-corrected chi connectivity index (χ3v) is 5.69. The minimum absolute atomic E-state index is 0.0235. The van der Waals surface area contributed by atoms with Crippen LogP contribution in [0.25, 0.3) is 0 Å². The molecule has 0 spiro atoms. The Balaban J connectivity index is 1.90. The molecule has 22 heavy (non-hydrogen) atoms. The van der Waals surface area contributed by atoms with Gasteiger partial charge in [-0.2, -0.15) is 0 Å². The van der Waals surface area contributed by atoms with Crippen LogP contribution in [0.1, 0.15) is 17.2 Å². The Morgan fingerprint density at radius 2 is 1.41 bits per heavy atom. The summed E-state index contributed by atoms with van der Waals surface area (Å²) in [4.78, 5) is 0. The van der Waals surface area contributed by atoms with Gasteiger partial charge in [-0.05, 0) is 11.1 Å². The van der Waals surface area contributed by atoms with Gasteiger partial charge in [0.1, 0.15) is 0 Å². The van der Waals surface area contributed by atoms with E-state index in [0.29, 0.717) is 0 Å². The minimum atomic E-state index is -3.17. The first-order chi connectivity index (χ1) is 10.6. The van der Waals surface area contributed by atoms with Gasteiger partial charge < -0.3 is 5.11 Å². The Morgan fingerprint density at radius 1 is 0.909 bits per heavy atom. The number of hydrogen-bond acceptors (Lipinski definition) is 4. The number of sulfone groups is 1. The molecule has 0 amide bonds. The zero-order valence-electron chi connectivity index (χ0n) is 12.1. The summed E-state index contributed by atoms with van der Waals surface area (Å²) in [6.07, 6.45) is -0.861. The summed E-state index contributed by atoms with van der Waals surface area (Å²) in [7, 11) is -3.17. The van der Waals surface area contributed by atoms with E-state index in [2.05, 4.69) is 5.32 Å². The standard InChI is InChI=1S/C17H19NO3S/c19-16-12-22(20,21)11-15(16)18-17(13-7-3-1-4-8-13)14-9-5-2-6-10-14/h1-10,15-19H,11-12H2/t15-,16+/m1/s1. The normalized spacial score (nSPS) is 23.7. The zero-order valence-corrected chi connectivity index (χ0v) is 12.9. The van der Waals surface area contributed by atoms with E-state index < -0.39 is 22.0 Å². The first kappa shape index (κ1) is 15.2. The van der Waals surface area contributed by atoms with Crippen molar-refractivity contribution in [3.63, 3.8) is 0 Å². The second-order valence-electron chi connectivity index (χ2n) is 5.67. The van der Waals surface area contributed by atoms with Crippen molar-refractivity contribution in [3.8, 4) is 0 Å². The largest absolute Gasteiger partial charge is 0.390 e. The third kappa shape index (κ3) is 3.38. The lowest BCUT2D eigenvalue weighted by Gasteiger charge is -2.25. The van der Waals surface area contributed by atoms with Gasteiger partial charge in [0.25, 0.3) is 0 Å². The molecule has 1 saturated heterocycles. The highest BCUT2D eigenvalue weighted by molar-refractivity contribution is 7.91. The van der Waals surface area contributed by atoms with E-state index in [0.717, 1.165) is 11.1 Å². The molecule has 2 aromatic rings. The lowest BCUT2D eigenvalue weighted by atomic mass is 9.97. The predicted octanol–water partition coefficient (Wildman–Crippen LogP) is 1.52. The van der Waals surface area contributed by atoms with E-state index in [4.69, 9.17) is 0 Å². The molecule has 1 heterocycles. The fourth-order valence-corrected chi connectivity index (χ4v) is 4.63. The number of nitrogens with one attached hydrogen (secondary N) is 1. The summed E-state index contributed by atoms with van der Waals surface area (Å²) in [6, 6.07) is 19.1. The molecule has 116 valence electrons. The fourth-order valence-electron chi connectivity index (χ4n) is 2.88. The molecule has 0 radical (unpaired) electrons. The number of aliphatic hydroxyl groups is 1. The number of rotatable bonds is 4. The summed E-state index contributed by atoms with van der Waals surface area (Å²) < 4.78 is 23.4. The van der Waals surface area contributed by atoms with Crippen LogP contribution in [-0.2, 0) is 9.84 Å². The van der Waals surface area contributed by atoms with Crippen molar-refractivity contribution in [2.24, 2.45) is 0 Å². The molecular weight excluding hydrogens is 298 g/mol. The van der Waals surface area contributed by atoms with Gasteiger partial charge in [-0.1, -0.05) is 60.7 Å². The highest BCUT2D eigenvalue weighted by atomic mass is 32.2. The Labute approximate surface area is 130 Å². The highest BCUT2D eigenvalue weighted by Crippen LogP contribution is 2.25. The van der Waals surface area contributed by atoms with Crippen molar-refractivity contribution in [1.29, 1.82) is 0 Å². The number of aliphatic hydroxyl groups excluding tert-OH is 1. The monoisotopic (exact) mass is 317 g/mol. The maximum atomic E-state index is 11.7. The minimum Gasteiger partial charge on any atom is -0.390 e. The molecule has 1 aliphatic heterocycles. The van der Waals surface area contributed by atoms with Gasteiger partial charge in [-0.25, -0.2) is 8.42 Å². The van der Waals surface area contributed by atoms with Crippen LogP contribution in [0.4, 0.5) is 0 Å². The average Bonchev–Trinajstić information content (AvgIpc) is 2.78. The molecule has 2 aromatic carbocycles. The Bertz CT molecular complexity index is 677. The smallest absolute Gasteiger partial charge is 0.154 e. The summed E-state index contributed by atoms with van der Waals surface area (Å²) in [6.45, 7) is 0. The molecule has 2 atom stereocenters. The highest BCUT2D eigenvalue weighted by Gasteiger charge is 2.37. The Hall–Kier alpha value is -1.69. The van der Waals surface area contributed by atoms with Crippen LogP contribution in [0.15, 0.2) is 60.7 Å². The van der Waals surface area contributed by atoms with Gasteiger partial charge in [0.2, 0.25) is 0 Å². The van der Waals surface area contributed by atoms with Gasteiger partial charge in [0.15, 0.2) is 9.84 Å². The Morgan fingerprint density at radius 3 is 1.82 bits per heavy atom. The van der Waals surface area contributed by atoms with Gasteiger partial charge in [0.05, 0.1) is 23.7 Å². The van der Waals surface area contributed by atoms with E-state index >= 15 is 0 Å². The van der Waals surface area contributed by atoms with E-state index in [1.165, 1.54) is 0 Å². The van der Waals surface area contributed by atoms with Crippen LogP contribution < -0.4 is 5.32 Å². The van der Waals surface area contributed by atoms with Crippen LogP contribution in [0.3, 0.4) is 0 Å². The summed E-state index contributed by atoms with van der Waals surface area (Å²) in [5.41, 5.74) is 2.09. The molecule has 0 aliphatic carbocycles. The molecule has 1 aliphatic rings.